The number of morpholine rings is 1. The Kier molecular flexibility index (Phi) is 8.05. The molecule has 2 aliphatic rings. The Balaban J connectivity index is 1.37. The standard InChI is InChI=1S/C26H40N8OS/c1-19(2)33(20(3)4)11-8-27-24-23-25(34(18-28-23)22-7-16-36-17-22)30-26(29-24)32-9-5-21(6-10-32)31-12-14-35-15-13-31/h7,16-21H,5-6,8-15H2,1-4H3,(H,27,29,30). The average Bonchev–Trinajstić information content (AvgIpc) is 3.56. The Morgan fingerprint density at radius 3 is 2.50 bits per heavy atom. The first-order valence-corrected chi connectivity index (χ1v) is 14.3. The summed E-state index contributed by atoms with van der Waals surface area (Å²) in [5.41, 5.74) is 2.78. The third kappa shape index (κ3) is 5.51. The van der Waals surface area contributed by atoms with Gasteiger partial charge in [-0.2, -0.15) is 21.3 Å². The van der Waals surface area contributed by atoms with Crippen LogP contribution >= 0.6 is 11.3 Å². The number of anilines is 2. The summed E-state index contributed by atoms with van der Waals surface area (Å²) in [4.78, 5) is 22.2. The molecule has 5 heterocycles. The highest BCUT2D eigenvalue weighted by Gasteiger charge is 2.28. The number of imidazole rings is 1. The Labute approximate surface area is 218 Å². The van der Waals surface area contributed by atoms with Crippen LogP contribution in [0.5, 0.6) is 0 Å². The van der Waals surface area contributed by atoms with Crippen LogP contribution in [0.3, 0.4) is 0 Å². The van der Waals surface area contributed by atoms with E-state index in [1.165, 1.54) is 0 Å². The second-order valence-corrected chi connectivity index (χ2v) is 11.1. The van der Waals surface area contributed by atoms with Crippen LogP contribution in [0.4, 0.5) is 11.8 Å². The number of ether oxygens (including phenoxy) is 1. The molecule has 3 aromatic rings. The number of rotatable bonds is 9. The van der Waals surface area contributed by atoms with Gasteiger partial charge in [0.05, 0.1) is 18.9 Å². The third-order valence-electron chi connectivity index (χ3n) is 7.47. The highest BCUT2D eigenvalue weighted by Crippen LogP contribution is 2.28. The van der Waals surface area contributed by atoms with Gasteiger partial charge >= 0.3 is 0 Å². The van der Waals surface area contributed by atoms with Crippen molar-refractivity contribution < 1.29 is 4.74 Å². The molecule has 0 unspecified atom stereocenters. The van der Waals surface area contributed by atoms with Gasteiger partial charge in [-0.15, -0.1) is 0 Å². The topological polar surface area (TPSA) is 74.6 Å². The molecule has 2 fully saturated rings. The first-order chi connectivity index (χ1) is 17.5. The Morgan fingerprint density at radius 2 is 1.83 bits per heavy atom. The maximum absolute atomic E-state index is 5.55. The summed E-state index contributed by atoms with van der Waals surface area (Å²) in [5.74, 6) is 1.62. The van der Waals surface area contributed by atoms with Gasteiger partial charge in [0.25, 0.3) is 0 Å². The molecular formula is C26H40N8OS. The number of nitrogens with zero attached hydrogens (tertiary/aromatic N) is 7. The van der Waals surface area contributed by atoms with Gasteiger partial charge in [-0.05, 0) is 52.0 Å². The van der Waals surface area contributed by atoms with E-state index in [4.69, 9.17) is 19.7 Å². The number of hydrogen-bond acceptors (Lipinski definition) is 9. The summed E-state index contributed by atoms with van der Waals surface area (Å²) in [6.07, 6.45) is 4.13. The summed E-state index contributed by atoms with van der Waals surface area (Å²) in [6.45, 7) is 16.5. The average molecular weight is 513 g/mol. The lowest BCUT2D eigenvalue weighted by Crippen LogP contribution is -2.49. The molecule has 0 aromatic carbocycles. The van der Waals surface area contributed by atoms with E-state index in [1.54, 1.807) is 11.3 Å². The molecule has 0 bridgehead atoms. The summed E-state index contributed by atoms with van der Waals surface area (Å²) in [6, 6.07) is 3.73. The largest absolute Gasteiger partial charge is 0.379 e. The first-order valence-electron chi connectivity index (χ1n) is 13.3. The highest BCUT2D eigenvalue weighted by molar-refractivity contribution is 7.08. The van der Waals surface area contributed by atoms with E-state index in [0.717, 1.165) is 93.9 Å². The van der Waals surface area contributed by atoms with Crippen molar-refractivity contribution in [3.63, 3.8) is 0 Å². The van der Waals surface area contributed by atoms with Crippen LogP contribution in [0, 0.1) is 0 Å². The minimum atomic E-state index is 0.498. The lowest BCUT2D eigenvalue weighted by atomic mass is 10.0. The van der Waals surface area contributed by atoms with Crippen LogP contribution in [0.1, 0.15) is 40.5 Å². The zero-order valence-corrected chi connectivity index (χ0v) is 22.9. The van der Waals surface area contributed by atoms with Gasteiger partial charge in [0, 0.05) is 62.8 Å². The zero-order valence-electron chi connectivity index (χ0n) is 22.1. The molecule has 10 heteroatoms. The summed E-state index contributed by atoms with van der Waals surface area (Å²) < 4.78 is 7.63. The van der Waals surface area contributed by atoms with E-state index in [2.05, 4.69) is 69.1 Å². The van der Waals surface area contributed by atoms with E-state index < -0.39 is 0 Å². The van der Waals surface area contributed by atoms with Crippen molar-refractivity contribution in [1.82, 2.24) is 29.3 Å². The lowest BCUT2D eigenvalue weighted by Gasteiger charge is -2.40. The second kappa shape index (κ2) is 11.4. The van der Waals surface area contributed by atoms with Crippen LogP contribution in [-0.2, 0) is 4.74 Å². The molecule has 0 atom stereocenters. The second-order valence-electron chi connectivity index (χ2n) is 10.4. The fourth-order valence-electron chi connectivity index (χ4n) is 5.53. The van der Waals surface area contributed by atoms with Crippen molar-refractivity contribution in [1.29, 1.82) is 0 Å². The molecule has 2 aliphatic heterocycles. The third-order valence-corrected chi connectivity index (χ3v) is 8.14. The van der Waals surface area contributed by atoms with E-state index in [9.17, 15) is 0 Å². The van der Waals surface area contributed by atoms with Crippen molar-refractivity contribution >= 4 is 34.3 Å². The molecule has 5 rings (SSSR count). The summed E-state index contributed by atoms with van der Waals surface area (Å²) in [5, 5.41) is 7.83. The number of nitrogens with one attached hydrogen (secondary N) is 1. The van der Waals surface area contributed by atoms with E-state index in [0.29, 0.717) is 18.1 Å². The molecule has 0 amide bonds. The van der Waals surface area contributed by atoms with Crippen molar-refractivity contribution in [2.75, 3.05) is 62.7 Å². The van der Waals surface area contributed by atoms with Crippen LogP contribution in [0.15, 0.2) is 23.2 Å². The molecule has 0 radical (unpaired) electrons. The van der Waals surface area contributed by atoms with Crippen LogP contribution in [0.25, 0.3) is 16.9 Å². The van der Waals surface area contributed by atoms with Crippen molar-refractivity contribution in [2.24, 2.45) is 0 Å². The molecule has 9 nitrogen and oxygen atoms in total. The van der Waals surface area contributed by atoms with Crippen molar-refractivity contribution in [3.05, 3.63) is 23.2 Å². The van der Waals surface area contributed by atoms with E-state index in [1.807, 2.05) is 6.33 Å². The van der Waals surface area contributed by atoms with Gasteiger partial charge in [-0.25, -0.2) is 4.98 Å². The summed E-state index contributed by atoms with van der Waals surface area (Å²) >= 11 is 1.68. The smallest absolute Gasteiger partial charge is 0.229 e. The Hall–Kier alpha value is -2.27. The van der Waals surface area contributed by atoms with Gasteiger partial charge in [0.15, 0.2) is 17.0 Å². The van der Waals surface area contributed by atoms with E-state index in [-0.39, 0.29) is 0 Å². The zero-order chi connectivity index (χ0) is 25.1. The fourth-order valence-corrected chi connectivity index (χ4v) is 6.15. The first kappa shape index (κ1) is 25.4. The predicted octanol–water partition coefficient (Wildman–Crippen LogP) is 3.71. The monoisotopic (exact) mass is 512 g/mol. The minimum Gasteiger partial charge on any atom is -0.379 e. The van der Waals surface area contributed by atoms with Gasteiger partial charge in [-0.3, -0.25) is 14.4 Å². The van der Waals surface area contributed by atoms with Gasteiger partial charge in [0.1, 0.15) is 6.33 Å². The fraction of sp³-hybridized carbons (Fsp3) is 0.654. The molecule has 0 spiro atoms. The number of hydrogen-bond donors (Lipinski definition) is 1. The number of thiophene rings is 1. The van der Waals surface area contributed by atoms with Gasteiger partial charge in [-0.1, -0.05) is 0 Å². The van der Waals surface area contributed by atoms with Gasteiger partial charge in [0.2, 0.25) is 5.95 Å². The van der Waals surface area contributed by atoms with Gasteiger partial charge < -0.3 is 15.0 Å². The quantitative estimate of drug-likeness (QED) is 0.465. The van der Waals surface area contributed by atoms with Crippen molar-refractivity contribution in [3.8, 4) is 5.69 Å². The van der Waals surface area contributed by atoms with Crippen molar-refractivity contribution in [2.45, 2.75) is 58.7 Å². The molecule has 196 valence electrons. The predicted molar refractivity (Wildman–Crippen MR) is 148 cm³/mol. The molecule has 3 aromatic heterocycles. The molecule has 36 heavy (non-hydrogen) atoms. The summed E-state index contributed by atoms with van der Waals surface area (Å²) in [7, 11) is 0. The van der Waals surface area contributed by atoms with Crippen LogP contribution in [0.2, 0.25) is 0 Å². The maximum atomic E-state index is 5.55. The molecule has 0 aliphatic carbocycles. The molecule has 1 N–H and O–H groups in total. The Bertz CT molecular complexity index is 1090. The number of aromatic nitrogens is 4. The normalized spacial score (nSPS) is 18.2. The molecule has 2 saturated heterocycles. The van der Waals surface area contributed by atoms with E-state index >= 15 is 0 Å². The molecular weight excluding hydrogens is 472 g/mol. The Morgan fingerprint density at radius 1 is 1.08 bits per heavy atom. The lowest BCUT2D eigenvalue weighted by molar-refractivity contribution is 0.0114. The van der Waals surface area contributed by atoms with Crippen LogP contribution in [-0.4, -0.2) is 99.9 Å². The number of fused-ring (bicyclic) bond motifs is 1. The minimum absolute atomic E-state index is 0.498. The maximum Gasteiger partial charge on any atom is 0.229 e. The van der Waals surface area contributed by atoms with Crippen LogP contribution < -0.4 is 10.2 Å². The SMILES string of the molecule is CC(C)N(CCNc1nc(N2CCC(N3CCOCC3)CC2)nc2c1ncn2-c1ccsc1)C(C)C. The molecule has 0 saturated carbocycles. The number of piperidine rings is 1. The highest BCUT2D eigenvalue weighted by atomic mass is 32.1.